The minimum absolute atomic E-state index is 0.310. The summed E-state index contributed by atoms with van der Waals surface area (Å²) in [6.45, 7) is 12.7. The Balaban J connectivity index is 1.18. The SMILES string of the molecule is CC1(C)OB(c2ccc3c(c2)N([C@H]2C[C@@H](N4CCC5(CC5)C4)C2)C(=O)C32CCNCC2)OC1(C)C. The molecule has 0 atom stereocenters. The number of hydrogen-bond acceptors (Lipinski definition) is 5. The Labute approximate surface area is 210 Å². The van der Waals surface area contributed by atoms with Crippen molar-refractivity contribution < 1.29 is 14.1 Å². The van der Waals surface area contributed by atoms with Crippen LogP contribution in [0.15, 0.2) is 18.2 Å². The number of likely N-dealkylation sites (tertiary alicyclic amines) is 1. The fraction of sp³-hybridized carbons (Fsp3) is 0.750. The Morgan fingerprint density at radius 2 is 1.63 bits per heavy atom. The lowest BCUT2D eigenvalue weighted by Gasteiger charge is -2.46. The number of hydrogen-bond donors (Lipinski definition) is 1. The highest BCUT2D eigenvalue weighted by molar-refractivity contribution is 6.62. The van der Waals surface area contributed by atoms with E-state index in [0.717, 1.165) is 49.9 Å². The second-order valence-electron chi connectivity index (χ2n) is 13.4. The summed E-state index contributed by atoms with van der Waals surface area (Å²) in [6, 6.07) is 7.53. The normalized spacial score (nSPS) is 34.0. The van der Waals surface area contributed by atoms with E-state index < -0.39 is 7.12 Å². The molecule has 4 aliphatic heterocycles. The molecule has 6 aliphatic rings. The molecule has 2 saturated carbocycles. The summed E-state index contributed by atoms with van der Waals surface area (Å²) in [5, 5.41) is 3.47. The van der Waals surface area contributed by atoms with Crippen LogP contribution < -0.4 is 15.7 Å². The van der Waals surface area contributed by atoms with Crippen LogP contribution in [0.4, 0.5) is 5.69 Å². The van der Waals surface area contributed by atoms with E-state index in [1.807, 2.05) is 0 Å². The second-order valence-corrected chi connectivity index (χ2v) is 13.4. The molecule has 0 unspecified atom stereocenters. The molecule has 0 aromatic heterocycles. The monoisotopic (exact) mass is 477 g/mol. The summed E-state index contributed by atoms with van der Waals surface area (Å²) >= 11 is 0. The van der Waals surface area contributed by atoms with Gasteiger partial charge in [-0.25, -0.2) is 0 Å². The minimum Gasteiger partial charge on any atom is -0.399 e. The van der Waals surface area contributed by atoms with Crippen LogP contribution in [0, 0.1) is 5.41 Å². The molecule has 6 nitrogen and oxygen atoms in total. The molecule has 0 bridgehead atoms. The van der Waals surface area contributed by atoms with Gasteiger partial charge in [-0.15, -0.1) is 0 Å². The Hall–Kier alpha value is -1.41. The number of piperidine rings is 1. The molecule has 7 heteroatoms. The number of carbonyl (C=O) groups excluding carboxylic acids is 1. The Morgan fingerprint density at radius 1 is 0.943 bits per heavy atom. The number of nitrogens with zero attached hydrogens (tertiary/aromatic N) is 2. The molecule has 0 radical (unpaired) electrons. The zero-order chi connectivity index (χ0) is 24.2. The topological polar surface area (TPSA) is 54.0 Å². The first-order valence-electron chi connectivity index (χ1n) is 13.9. The van der Waals surface area contributed by atoms with Gasteiger partial charge in [0, 0.05) is 24.3 Å². The summed E-state index contributed by atoms with van der Waals surface area (Å²) in [7, 11) is -0.403. The molecular weight excluding hydrogens is 437 g/mol. The molecule has 2 aliphatic carbocycles. The molecule has 7 rings (SSSR count). The number of nitrogens with one attached hydrogen (secondary N) is 1. The molecule has 1 aromatic carbocycles. The average Bonchev–Trinajstić information content (AvgIpc) is 3.29. The van der Waals surface area contributed by atoms with Gasteiger partial charge < -0.3 is 19.5 Å². The number of benzene rings is 1. The van der Waals surface area contributed by atoms with Crippen LogP contribution in [-0.2, 0) is 19.5 Å². The zero-order valence-electron chi connectivity index (χ0n) is 21.9. The van der Waals surface area contributed by atoms with E-state index >= 15 is 0 Å². The highest BCUT2D eigenvalue weighted by Gasteiger charge is 2.57. The molecule has 188 valence electrons. The summed E-state index contributed by atoms with van der Waals surface area (Å²) < 4.78 is 12.8. The molecule has 3 saturated heterocycles. The van der Waals surface area contributed by atoms with Crippen LogP contribution >= 0.6 is 0 Å². The van der Waals surface area contributed by atoms with E-state index in [0.29, 0.717) is 23.4 Å². The lowest BCUT2D eigenvalue weighted by atomic mass is 9.72. The number of rotatable bonds is 3. The van der Waals surface area contributed by atoms with Crippen molar-refractivity contribution in [2.75, 3.05) is 31.1 Å². The second kappa shape index (κ2) is 7.34. The first-order valence-corrected chi connectivity index (χ1v) is 13.9. The van der Waals surface area contributed by atoms with Gasteiger partial charge in [0.15, 0.2) is 0 Å². The lowest BCUT2D eigenvalue weighted by molar-refractivity contribution is -0.125. The lowest BCUT2D eigenvalue weighted by Crippen LogP contribution is -2.57. The van der Waals surface area contributed by atoms with E-state index in [4.69, 9.17) is 9.31 Å². The van der Waals surface area contributed by atoms with E-state index in [-0.39, 0.29) is 16.6 Å². The number of fused-ring (bicyclic) bond motifs is 2. The van der Waals surface area contributed by atoms with Crippen molar-refractivity contribution in [1.82, 2.24) is 10.2 Å². The molecule has 4 heterocycles. The maximum absolute atomic E-state index is 14.2. The fourth-order valence-electron chi connectivity index (χ4n) is 7.37. The van der Waals surface area contributed by atoms with Crippen molar-refractivity contribution >= 4 is 24.2 Å². The first-order chi connectivity index (χ1) is 16.6. The van der Waals surface area contributed by atoms with E-state index in [9.17, 15) is 4.79 Å². The van der Waals surface area contributed by atoms with Crippen molar-refractivity contribution in [3.8, 4) is 0 Å². The van der Waals surface area contributed by atoms with Crippen LogP contribution in [0.5, 0.6) is 0 Å². The van der Waals surface area contributed by atoms with Crippen LogP contribution in [0.25, 0.3) is 0 Å². The van der Waals surface area contributed by atoms with Gasteiger partial charge >= 0.3 is 7.12 Å². The first kappa shape index (κ1) is 22.8. The quantitative estimate of drug-likeness (QED) is 0.679. The molecule has 35 heavy (non-hydrogen) atoms. The summed E-state index contributed by atoms with van der Waals surface area (Å²) in [4.78, 5) is 19.1. The van der Waals surface area contributed by atoms with Crippen molar-refractivity contribution in [1.29, 1.82) is 0 Å². The van der Waals surface area contributed by atoms with Crippen molar-refractivity contribution in [3.63, 3.8) is 0 Å². The van der Waals surface area contributed by atoms with Gasteiger partial charge in [0.25, 0.3) is 0 Å². The van der Waals surface area contributed by atoms with Gasteiger partial charge in [0.1, 0.15) is 0 Å². The van der Waals surface area contributed by atoms with Gasteiger partial charge in [-0.05, 0) is 115 Å². The van der Waals surface area contributed by atoms with Crippen LogP contribution in [0.1, 0.15) is 78.2 Å². The zero-order valence-corrected chi connectivity index (χ0v) is 21.9. The number of amides is 1. The van der Waals surface area contributed by atoms with E-state index in [1.54, 1.807) is 0 Å². The van der Waals surface area contributed by atoms with Gasteiger partial charge in [-0.1, -0.05) is 12.1 Å². The van der Waals surface area contributed by atoms with Gasteiger partial charge in [-0.2, -0.15) is 0 Å². The van der Waals surface area contributed by atoms with Crippen LogP contribution in [0.3, 0.4) is 0 Å². The van der Waals surface area contributed by atoms with E-state index in [2.05, 4.69) is 61.0 Å². The largest absolute Gasteiger partial charge is 0.494 e. The summed E-state index contributed by atoms with van der Waals surface area (Å²) in [5.41, 5.74) is 2.91. The standard InChI is InChI=1S/C28H40BN3O3/c1-25(2)26(3,4)35-29(34-25)19-5-6-22-23(15-19)32(24(33)28(22)9-12-30-13-10-28)21-16-20(17-21)31-14-11-27(18-31)7-8-27/h5-6,15,20-21,30H,7-14,16-18H2,1-4H3/t20-,21+. The molecule has 1 N–H and O–H groups in total. The Kier molecular flexibility index (Phi) is 4.77. The molecule has 2 spiro atoms. The summed E-state index contributed by atoms with van der Waals surface area (Å²) in [5.74, 6) is 0.337. The fourth-order valence-corrected chi connectivity index (χ4v) is 7.37. The highest BCUT2D eigenvalue weighted by atomic mass is 16.7. The Bertz CT molecular complexity index is 1040. The van der Waals surface area contributed by atoms with Crippen molar-refractivity contribution in [2.24, 2.45) is 5.41 Å². The van der Waals surface area contributed by atoms with Gasteiger partial charge in [-0.3, -0.25) is 9.69 Å². The predicted molar refractivity (Wildman–Crippen MR) is 138 cm³/mol. The smallest absolute Gasteiger partial charge is 0.399 e. The third-order valence-corrected chi connectivity index (χ3v) is 10.8. The van der Waals surface area contributed by atoms with Crippen LogP contribution in [0.2, 0.25) is 0 Å². The maximum atomic E-state index is 14.2. The van der Waals surface area contributed by atoms with Gasteiger partial charge in [0.05, 0.1) is 16.6 Å². The minimum atomic E-state index is -0.403. The van der Waals surface area contributed by atoms with Crippen molar-refractivity contribution in [2.45, 2.75) is 101 Å². The molecule has 1 amide bonds. The molecule has 5 fully saturated rings. The molecular formula is C28H40BN3O3. The number of anilines is 1. The van der Waals surface area contributed by atoms with Crippen LogP contribution in [-0.4, -0.2) is 67.4 Å². The maximum Gasteiger partial charge on any atom is 0.494 e. The summed E-state index contributed by atoms with van der Waals surface area (Å²) in [6.07, 6.45) is 8.22. The number of carbonyl (C=O) groups is 1. The molecule has 1 aromatic rings. The van der Waals surface area contributed by atoms with E-state index in [1.165, 1.54) is 37.9 Å². The van der Waals surface area contributed by atoms with Crippen molar-refractivity contribution in [3.05, 3.63) is 23.8 Å². The third kappa shape index (κ3) is 3.27. The highest BCUT2D eigenvalue weighted by Crippen LogP contribution is 2.55. The van der Waals surface area contributed by atoms with Gasteiger partial charge in [0.2, 0.25) is 5.91 Å². The Morgan fingerprint density at radius 3 is 2.26 bits per heavy atom. The third-order valence-electron chi connectivity index (χ3n) is 10.8. The predicted octanol–water partition coefficient (Wildman–Crippen LogP) is 2.97. The average molecular weight is 477 g/mol.